The number of carbonyl (C=O) groups is 4. The predicted octanol–water partition coefficient (Wildman–Crippen LogP) is 0.0924. The normalized spacial score (nSPS) is 12.8. The van der Waals surface area contributed by atoms with Gasteiger partial charge in [-0.15, -0.1) is 0 Å². The summed E-state index contributed by atoms with van der Waals surface area (Å²) in [6.45, 7) is 2.62. The number of nitrogens with one attached hydrogen (secondary N) is 2. The molecule has 0 fully saturated rings. The molecule has 1 aromatic carbocycles. The molecule has 118 valence electrons. The van der Waals surface area contributed by atoms with Crippen molar-refractivity contribution < 1.29 is 29.4 Å². The number of rotatable bonds is 6. The SMILES string of the molecule is C[C@H](NC(=O)c1cccc(C(=O)N[C@H](C)C(=O)O)c1)C(=O)O. The van der Waals surface area contributed by atoms with Crippen molar-refractivity contribution >= 4 is 23.8 Å². The fourth-order valence-corrected chi connectivity index (χ4v) is 1.49. The second-order valence-corrected chi connectivity index (χ2v) is 4.65. The molecule has 1 rings (SSSR count). The summed E-state index contributed by atoms with van der Waals surface area (Å²) in [7, 11) is 0. The fraction of sp³-hybridized carbons (Fsp3) is 0.286. The van der Waals surface area contributed by atoms with Gasteiger partial charge in [-0.25, -0.2) is 0 Å². The van der Waals surface area contributed by atoms with Crippen molar-refractivity contribution in [3.05, 3.63) is 35.4 Å². The lowest BCUT2D eigenvalue weighted by molar-refractivity contribution is -0.139. The molecule has 8 nitrogen and oxygen atoms in total. The van der Waals surface area contributed by atoms with Gasteiger partial charge in [0.2, 0.25) is 0 Å². The van der Waals surface area contributed by atoms with E-state index in [2.05, 4.69) is 10.6 Å². The third kappa shape index (κ3) is 4.58. The largest absolute Gasteiger partial charge is 0.480 e. The van der Waals surface area contributed by atoms with E-state index in [0.29, 0.717) is 0 Å². The second-order valence-electron chi connectivity index (χ2n) is 4.65. The molecular weight excluding hydrogens is 292 g/mol. The van der Waals surface area contributed by atoms with E-state index >= 15 is 0 Å². The maximum atomic E-state index is 11.9. The minimum Gasteiger partial charge on any atom is -0.480 e. The van der Waals surface area contributed by atoms with E-state index in [1.54, 1.807) is 0 Å². The third-order valence-corrected chi connectivity index (χ3v) is 2.82. The smallest absolute Gasteiger partial charge is 0.325 e. The van der Waals surface area contributed by atoms with Gasteiger partial charge in [0.25, 0.3) is 11.8 Å². The van der Waals surface area contributed by atoms with Crippen molar-refractivity contribution in [1.29, 1.82) is 0 Å². The van der Waals surface area contributed by atoms with E-state index in [1.165, 1.54) is 38.1 Å². The van der Waals surface area contributed by atoms with Gasteiger partial charge in [-0.2, -0.15) is 0 Å². The topological polar surface area (TPSA) is 133 Å². The van der Waals surface area contributed by atoms with Crippen molar-refractivity contribution in [2.45, 2.75) is 25.9 Å². The van der Waals surface area contributed by atoms with Gasteiger partial charge in [-0.05, 0) is 32.0 Å². The number of aliphatic carboxylic acids is 2. The highest BCUT2D eigenvalue weighted by Gasteiger charge is 2.18. The molecule has 0 saturated heterocycles. The van der Waals surface area contributed by atoms with Crippen molar-refractivity contribution in [3.63, 3.8) is 0 Å². The van der Waals surface area contributed by atoms with Gasteiger partial charge < -0.3 is 20.8 Å². The first kappa shape index (κ1) is 17.2. The molecule has 0 aromatic heterocycles. The van der Waals surface area contributed by atoms with Gasteiger partial charge in [-0.1, -0.05) is 6.07 Å². The highest BCUT2D eigenvalue weighted by molar-refractivity contribution is 6.01. The van der Waals surface area contributed by atoms with Gasteiger partial charge in [0.05, 0.1) is 0 Å². The van der Waals surface area contributed by atoms with E-state index in [9.17, 15) is 19.2 Å². The first-order valence-electron chi connectivity index (χ1n) is 6.39. The first-order valence-corrected chi connectivity index (χ1v) is 6.39. The van der Waals surface area contributed by atoms with Crippen LogP contribution in [0.1, 0.15) is 34.6 Å². The van der Waals surface area contributed by atoms with Crippen LogP contribution in [-0.4, -0.2) is 46.0 Å². The molecule has 0 aliphatic carbocycles. The van der Waals surface area contributed by atoms with Gasteiger partial charge in [-0.3, -0.25) is 19.2 Å². The Morgan fingerprint density at radius 2 is 1.23 bits per heavy atom. The van der Waals surface area contributed by atoms with Crippen LogP contribution >= 0.6 is 0 Å². The molecule has 22 heavy (non-hydrogen) atoms. The number of carbonyl (C=O) groups excluding carboxylic acids is 2. The van der Waals surface area contributed by atoms with E-state index in [0.717, 1.165) is 0 Å². The molecule has 1 aromatic rings. The number of benzene rings is 1. The molecule has 2 amide bonds. The first-order chi connectivity index (χ1) is 10.2. The zero-order valence-electron chi connectivity index (χ0n) is 12.0. The number of carboxylic acids is 2. The quantitative estimate of drug-likeness (QED) is 0.589. The average molecular weight is 308 g/mol. The summed E-state index contributed by atoms with van der Waals surface area (Å²) in [4.78, 5) is 45.1. The van der Waals surface area contributed by atoms with Gasteiger partial charge in [0, 0.05) is 11.1 Å². The average Bonchev–Trinajstić information content (AvgIpc) is 2.46. The second kappa shape index (κ2) is 7.21. The molecule has 0 spiro atoms. The number of hydrogen-bond donors (Lipinski definition) is 4. The summed E-state index contributed by atoms with van der Waals surface area (Å²) < 4.78 is 0. The Hall–Kier alpha value is -2.90. The van der Waals surface area contributed by atoms with Crippen molar-refractivity contribution in [3.8, 4) is 0 Å². The molecule has 4 N–H and O–H groups in total. The Morgan fingerprint density at radius 3 is 1.55 bits per heavy atom. The van der Waals surface area contributed by atoms with E-state index in [1.807, 2.05) is 0 Å². The molecule has 2 atom stereocenters. The van der Waals surface area contributed by atoms with Crippen LogP contribution in [0.5, 0.6) is 0 Å². The molecule has 0 heterocycles. The van der Waals surface area contributed by atoms with Gasteiger partial charge in [0.1, 0.15) is 12.1 Å². The summed E-state index contributed by atoms with van der Waals surface area (Å²) in [6, 6.07) is 3.39. The Bertz CT molecular complexity index is 564. The predicted molar refractivity (Wildman–Crippen MR) is 75.6 cm³/mol. The van der Waals surface area contributed by atoms with Crippen LogP contribution in [0.3, 0.4) is 0 Å². The summed E-state index contributed by atoms with van der Waals surface area (Å²) >= 11 is 0. The van der Waals surface area contributed by atoms with Crippen LogP contribution in [0.4, 0.5) is 0 Å². The highest BCUT2D eigenvalue weighted by atomic mass is 16.4. The Balaban J connectivity index is 2.85. The van der Waals surface area contributed by atoms with E-state index in [-0.39, 0.29) is 11.1 Å². The zero-order chi connectivity index (χ0) is 16.9. The minimum absolute atomic E-state index is 0.101. The Morgan fingerprint density at radius 1 is 0.864 bits per heavy atom. The minimum atomic E-state index is -1.18. The molecule has 0 aliphatic heterocycles. The lowest BCUT2D eigenvalue weighted by Gasteiger charge is -2.11. The summed E-state index contributed by atoms with van der Waals surface area (Å²) in [5, 5.41) is 22.0. The number of carboxylic acid groups (broad SMARTS) is 2. The molecule has 0 unspecified atom stereocenters. The molecule has 0 aliphatic rings. The number of amides is 2. The standard InChI is InChI=1S/C14H16N2O6/c1-7(13(19)20)15-11(17)9-4-3-5-10(6-9)12(18)16-8(2)14(21)22/h3-8H,1-2H3,(H,15,17)(H,16,18)(H,19,20)(H,21,22)/t7-,8+. The van der Waals surface area contributed by atoms with E-state index in [4.69, 9.17) is 10.2 Å². The van der Waals surface area contributed by atoms with Crippen molar-refractivity contribution in [1.82, 2.24) is 10.6 Å². The Labute approximate surface area is 126 Å². The van der Waals surface area contributed by atoms with Crippen molar-refractivity contribution in [2.75, 3.05) is 0 Å². The molecule has 0 bridgehead atoms. The van der Waals surface area contributed by atoms with Crippen molar-refractivity contribution in [2.24, 2.45) is 0 Å². The maximum absolute atomic E-state index is 11.9. The van der Waals surface area contributed by atoms with Crippen LogP contribution in [0.15, 0.2) is 24.3 Å². The maximum Gasteiger partial charge on any atom is 0.325 e. The Kier molecular flexibility index (Phi) is 5.62. The summed E-state index contributed by atoms with van der Waals surface area (Å²) in [5.41, 5.74) is 0.201. The lowest BCUT2D eigenvalue weighted by Crippen LogP contribution is -2.39. The summed E-state index contributed by atoms with van der Waals surface area (Å²) in [5.74, 6) is -3.65. The van der Waals surface area contributed by atoms with Crippen LogP contribution in [0.2, 0.25) is 0 Å². The molecular formula is C14H16N2O6. The van der Waals surface area contributed by atoms with Crippen LogP contribution in [0, 0.1) is 0 Å². The monoisotopic (exact) mass is 308 g/mol. The molecule has 8 heteroatoms. The molecule has 0 radical (unpaired) electrons. The zero-order valence-corrected chi connectivity index (χ0v) is 12.0. The summed E-state index contributed by atoms with van der Waals surface area (Å²) in [6.07, 6.45) is 0. The van der Waals surface area contributed by atoms with Crippen LogP contribution in [-0.2, 0) is 9.59 Å². The van der Waals surface area contributed by atoms with E-state index < -0.39 is 35.8 Å². The van der Waals surface area contributed by atoms with Gasteiger partial charge in [0.15, 0.2) is 0 Å². The van der Waals surface area contributed by atoms with Crippen LogP contribution in [0.25, 0.3) is 0 Å². The fourth-order valence-electron chi connectivity index (χ4n) is 1.49. The van der Waals surface area contributed by atoms with Crippen LogP contribution < -0.4 is 10.6 Å². The third-order valence-electron chi connectivity index (χ3n) is 2.82. The number of hydrogen-bond acceptors (Lipinski definition) is 4. The highest BCUT2D eigenvalue weighted by Crippen LogP contribution is 2.06. The van der Waals surface area contributed by atoms with Gasteiger partial charge >= 0.3 is 11.9 Å². The molecule has 0 saturated carbocycles. The lowest BCUT2D eigenvalue weighted by atomic mass is 10.1.